The van der Waals surface area contributed by atoms with Crippen LogP contribution in [0.4, 0.5) is 11.4 Å². The predicted octanol–water partition coefficient (Wildman–Crippen LogP) is 7.73. The van der Waals surface area contributed by atoms with Gasteiger partial charge in [0.05, 0.1) is 17.9 Å². The zero-order valence-corrected chi connectivity index (χ0v) is 26.7. The van der Waals surface area contributed by atoms with Crippen molar-refractivity contribution in [2.45, 2.75) is 33.7 Å². The number of carboxylic acids is 1. The van der Waals surface area contributed by atoms with Gasteiger partial charge in [-0.25, -0.2) is 4.79 Å². The van der Waals surface area contributed by atoms with E-state index in [2.05, 4.69) is 64.6 Å². The second kappa shape index (κ2) is 14.4. The van der Waals surface area contributed by atoms with Crippen molar-refractivity contribution < 1.29 is 19.7 Å². The Balaban J connectivity index is 1.54. The molecule has 0 aliphatic carbocycles. The molecule has 0 fully saturated rings. The summed E-state index contributed by atoms with van der Waals surface area (Å²) in [5.74, 6) is -0.777. The van der Waals surface area contributed by atoms with Crippen LogP contribution in [0.15, 0.2) is 91.0 Å². The van der Waals surface area contributed by atoms with Crippen LogP contribution < -0.4 is 9.80 Å². The Morgan fingerprint density at radius 2 is 1.56 bits per heavy atom. The normalized spacial score (nSPS) is 11.2. The van der Waals surface area contributed by atoms with Gasteiger partial charge in [-0.05, 0) is 85.5 Å². The minimum Gasteiger partial charge on any atom is -0.508 e. The van der Waals surface area contributed by atoms with Crippen LogP contribution in [0.1, 0.15) is 47.8 Å². The summed E-state index contributed by atoms with van der Waals surface area (Å²) < 4.78 is 7.72. The maximum absolute atomic E-state index is 12.7. The number of aryl methyl sites for hydroxylation is 1. The first-order chi connectivity index (χ1) is 21.8. The zero-order valence-electron chi connectivity index (χ0n) is 26.7. The average Bonchev–Trinajstić information content (AvgIpc) is 3.32. The van der Waals surface area contributed by atoms with Crippen LogP contribution in [0.25, 0.3) is 22.2 Å². The molecule has 5 aromatic rings. The van der Waals surface area contributed by atoms with E-state index in [9.17, 15) is 15.0 Å². The van der Waals surface area contributed by atoms with Crippen molar-refractivity contribution in [1.29, 1.82) is 0 Å². The topological polar surface area (TPSA) is 78.2 Å². The van der Waals surface area contributed by atoms with Crippen LogP contribution >= 0.6 is 0 Å². The lowest BCUT2D eigenvalue weighted by Gasteiger charge is -2.24. The Kier molecular flexibility index (Phi) is 10.1. The van der Waals surface area contributed by atoms with Gasteiger partial charge in [-0.3, -0.25) is 0 Å². The van der Waals surface area contributed by atoms with E-state index in [-0.39, 0.29) is 11.3 Å². The van der Waals surface area contributed by atoms with Gasteiger partial charge in [0.25, 0.3) is 0 Å². The molecule has 7 nitrogen and oxygen atoms in total. The van der Waals surface area contributed by atoms with Gasteiger partial charge in [0.2, 0.25) is 0 Å². The van der Waals surface area contributed by atoms with Crippen molar-refractivity contribution in [2.75, 3.05) is 42.6 Å². The molecule has 0 atom stereocenters. The number of benzene rings is 4. The van der Waals surface area contributed by atoms with Crippen molar-refractivity contribution in [3.63, 3.8) is 0 Å². The number of likely N-dealkylation sites (N-methyl/N-ethyl adjacent to an activating group) is 1. The highest BCUT2D eigenvalue weighted by Crippen LogP contribution is 2.38. The van der Waals surface area contributed by atoms with E-state index in [0.717, 1.165) is 64.3 Å². The quantitative estimate of drug-likeness (QED) is 0.126. The first-order valence-electron chi connectivity index (χ1n) is 15.7. The first-order valence-corrected chi connectivity index (χ1v) is 15.7. The highest BCUT2D eigenvalue weighted by Gasteiger charge is 2.21. The summed E-state index contributed by atoms with van der Waals surface area (Å²) in [6, 6.07) is 29.9. The summed E-state index contributed by atoms with van der Waals surface area (Å²) in [7, 11) is 2.02. The number of nitrogens with zero attached hydrogens (tertiary/aromatic N) is 3. The third kappa shape index (κ3) is 6.99. The fourth-order valence-electron chi connectivity index (χ4n) is 6.17. The molecule has 0 saturated heterocycles. The second-order valence-electron chi connectivity index (χ2n) is 11.2. The number of carbonyl (C=O) groups is 1. The van der Waals surface area contributed by atoms with E-state index in [1.54, 1.807) is 18.2 Å². The molecule has 0 aliphatic heterocycles. The third-order valence-electron chi connectivity index (χ3n) is 8.54. The molecule has 1 aromatic heterocycles. The maximum atomic E-state index is 12.7. The minimum absolute atomic E-state index is 0.178. The van der Waals surface area contributed by atoms with Crippen molar-refractivity contribution in [3.8, 4) is 17.0 Å². The molecule has 0 spiro atoms. The molecule has 0 saturated carbocycles. The van der Waals surface area contributed by atoms with Crippen LogP contribution in [-0.4, -0.2) is 53.6 Å². The lowest BCUT2D eigenvalue weighted by molar-refractivity contribution is 0.0696. The van der Waals surface area contributed by atoms with Crippen molar-refractivity contribution in [2.24, 2.45) is 7.05 Å². The molecule has 45 heavy (non-hydrogen) atoms. The Morgan fingerprint density at radius 1 is 0.844 bits per heavy atom. The number of hydrogen-bond acceptors (Lipinski definition) is 5. The number of aromatic hydroxyl groups is 1. The van der Waals surface area contributed by atoms with Gasteiger partial charge in [0.15, 0.2) is 0 Å². The number of rotatable bonds is 14. The summed E-state index contributed by atoms with van der Waals surface area (Å²) in [5, 5.41) is 21.7. The Bertz CT molecular complexity index is 1750. The van der Waals surface area contributed by atoms with Gasteiger partial charge in [-0.2, -0.15) is 0 Å². The monoisotopic (exact) mass is 605 g/mol. The highest BCUT2D eigenvalue weighted by molar-refractivity contribution is 5.95. The predicted molar refractivity (Wildman–Crippen MR) is 184 cm³/mol. The van der Waals surface area contributed by atoms with Crippen molar-refractivity contribution in [1.82, 2.24) is 4.57 Å². The summed E-state index contributed by atoms with van der Waals surface area (Å²) in [6.07, 6.45) is 0.403. The molecule has 0 bridgehead atoms. The number of aromatic carboxylic acids is 1. The van der Waals surface area contributed by atoms with Gasteiger partial charge >= 0.3 is 5.97 Å². The average molecular weight is 606 g/mol. The summed E-state index contributed by atoms with van der Waals surface area (Å²) in [5.41, 5.74) is 8.16. The smallest absolute Gasteiger partial charge is 0.336 e. The lowest BCUT2D eigenvalue weighted by Crippen LogP contribution is -2.27. The Labute approximate surface area is 265 Å². The highest BCUT2D eigenvalue weighted by atomic mass is 16.5. The molecule has 7 heteroatoms. The van der Waals surface area contributed by atoms with Gasteiger partial charge in [0, 0.05) is 68.5 Å². The van der Waals surface area contributed by atoms with E-state index < -0.39 is 5.97 Å². The molecule has 234 valence electrons. The maximum Gasteiger partial charge on any atom is 0.336 e. The van der Waals surface area contributed by atoms with Crippen LogP contribution in [0.3, 0.4) is 0 Å². The number of anilines is 2. The van der Waals surface area contributed by atoms with Crippen LogP contribution in [0.5, 0.6) is 5.75 Å². The molecule has 0 unspecified atom stereocenters. The fraction of sp³-hybridized carbons (Fsp3) is 0.289. The van der Waals surface area contributed by atoms with Crippen LogP contribution in [0, 0.1) is 0 Å². The Morgan fingerprint density at radius 3 is 2.22 bits per heavy atom. The molecular weight excluding hydrogens is 562 g/mol. The standard InChI is InChI=1S/C38H43N3O4/c1-5-40(21-22-45-7-3)30-16-13-28(14-17-30)37-35(34-25-32(42)19-20-36(34)39(37)4)23-29-15-18-31(24-33(29)38(43)44)41(6-2)26-27-11-9-8-10-12-27/h8-20,24-25,42H,5-7,21-23,26H2,1-4H3,(H,43,44). The number of aromatic nitrogens is 1. The van der Waals surface area contributed by atoms with Gasteiger partial charge in [-0.15, -0.1) is 0 Å². The number of phenols is 1. The first kappa shape index (κ1) is 31.7. The molecule has 5 rings (SSSR count). The molecule has 0 radical (unpaired) electrons. The van der Waals surface area contributed by atoms with E-state index in [1.165, 1.54) is 5.56 Å². The third-order valence-corrected chi connectivity index (χ3v) is 8.54. The molecule has 4 aromatic carbocycles. The lowest BCUT2D eigenvalue weighted by atomic mass is 9.94. The molecule has 2 N–H and O–H groups in total. The number of fused-ring (bicyclic) bond motifs is 1. The van der Waals surface area contributed by atoms with E-state index >= 15 is 0 Å². The summed E-state index contributed by atoms with van der Waals surface area (Å²) in [4.78, 5) is 17.1. The zero-order chi connectivity index (χ0) is 31.9. The van der Waals surface area contributed by atoms with Crippen molar-refractivity contribution >= 4 is 28.2 Å². The minimum atomic E-state index is -0.955. The fourth-order valence-corrected chi connectivity index (χ4v) is 6.17. The molecule has 1 heterocycles. The molecule has 0 aliphatic rings. The summed E-state index contributed by atoms with van der Waals surface area (Å²) in [6.45, 7) is 10.7. The molecule has 0 amide bonds. The molecular formula is C38H43N3O4. The number of phenolic OH excluding ortho intramolecular Hbond substituents is 1. The van der Waals surface area contributed by atoms with Gasteiger partial charge < -0.3 is 29.3 Å². The van der Waals surface area contributed by atoms with Crippen LogP contribution in [0.2, 0.25) is 0 Å². The van der Waals surface area contributed by atoms with Gasteiger partial charge in [0.1, 0.15) is 5.75 Å². The Hall–Kier alpha value is -4.75. The number of hydrogen-bond donors (Lipinski definition) is 2. The van der Waals surface area contributed by atoms with E-state index in [1.807, 2.05) is 50.4 Å². The summed E-state index contributed by atoms with van der Waals surface area (Å²) >= 11 is 0. The van der Waals surface area contributed by atoms with Crippen LogP contribution in [-0.2, 0) is 24.8 Å². The van der Waals surface area contributed by atoms with E-state index in [0.29, 0.717) is 26.2 Å². The second-order valence-corrected chi connectivity index (χ2v) is 11.2. The number of carboxylic acid groups (broad SMARTS) is 1. The van der Waals surface area contributed by atoms with Gasteiger partial charge in [-0.1, -0.05) is 48.5 Å². The SMILES string of the molecule is CCOCCN(CC)c1ccc(-c2c(Cc3ccc(N(CC)Cc4ccccc4)cc3C(=O)O)c3cc(O)ccc3n2C)cc1. The number of ether oxygens (including phenoxy) is 1. The van der Waals surface area contributed by atoms with Crippen molar-refractivity contribution in [3.05, 3.63) is 113 Å². The largest absolute Gasteiger partial charge is 0.508 e. The van der Waals surface area contributed by atoms with E-state index in [4.69, 9.17) is 4.74 Å².